The number of nitrogens with one attached hydrogen (secondary N) is 2. The van der Waals surface area contributed by atoms with Crippen molar-refractivity contribution in [3.63, 3.8) is 0 Å². The Hall–Kier alpha value is -3.67. The van der Waals surface area contributed by atoms with Crippen molar-refractivity contribution in [3.8, 4) is 0 Å². The molecule has 1 saturated carbocycles. The molecule has 6 heteroatoms. The Balaban J connectivity index is 1.61. The van der Waals surface area contributed by atoms with E-state index in [1.807, 2.05) is 24.4 Å². The minimum atomic E-state index is -0.217. The first kappa shape index (κ1) is 21.6. The molecule has 0 spiro atoms. The number of hydrogen-bond acceptors (Lipinski definition) is 5. The summed E-state index contributed by atoms with van der Waals surface area (Å²) in [7, 11) is 1.59. The molecule has 32 heavy (non-hydrogen) atoms. The van der Waals surface area contributed by atoms with E-state index in [0.29, 0.717) is 5.56 Å². The molecule has 2 aromatic rings. The molecule has 1 amide bonds. The molecule has 2 N–H and O–H groups in total. The summed E-state index contributed by atoms with van der Waals surface area (Å²) >= 11 is 0. The molecule has 0 aliphatic heterocycles. The zero-order valence-electron chi connectivity index (χ0n) is 18.4. The Morgan fingerprint density at radius 3 is 2.81 bits per heavy atom. The summed E-state index contributed by atoms with van der Waals surface area (Å²) in [6.07, 6.45) is 14.9. The SMILES string of the molecule is C=C(NC1(c2ccccn2)CC1)C1=CC(c2ccc(C(=O)NC)cocnc2)C(C)C=C1. The average Bonchev–Trinajstić information content (AvgIpc) is 3.58. The van der Waals surface area contributed by atoms with Gasteiger partial charge in [0.15, 0.2) is 6.39 Å². The van der Waals surface area contributed by atoms with Gasteiger partial charge < -0.3 is 15.1 Å². The number of amides is 1. The number of rotatable bonds is 6. The van der Waals surface area contributed by atoms with E-state index in [4.69, 9.17) is 4.42 Å². The predicted molar refractivity (Wildman–Crippen MR) is 124 cm³/mol. The second kappa shape index (κ2) is 9.22. The molecule has 0 aromatic carbocycles. The highest BCUT2D eigenvalue weighted by Gasteiger charge is 2.46. The van der Waals surface area contributed by atoms with Crippen molar-refractivity contribution >= 4 is 5.91 Å². The smallest absolute Gasteiger partial charge is 0.254 e. The van der Waals surface area contributed by atoms with Gasteiger partial charge in [0.25, 0.3) is 5.91 Å². The molecular weight excluding hydrogens is 400 g/mol. The van der Waals surface area contributed by atoms with Crippen molar-refractivity contribution in [2.24, 2.45) is 5.92 Å². The summed E-state index contributed by atoms with van der Waals surface area (Å²) in [5.74, 6) is 0.124. The number of allylic oxidation sites excluding steroid dienone is 3. The molecule has 0 saturated heterocycles. The minimum absolute atomic E-state index is 0.0796. The number of hydrogen-bond donors (Lipinski definition) is 2. The lowest BCUT2D eigenvalue weighted by molar-refractivity contribution is 0.0961. The van der Waals surface area contributed by atoms with Crippen LogP contribution in [0, 0.1) is 5.92 Å². The highest BCUT2D eigenvalue weighted by Crippen LogP contribution is 2.46. The molecule has 2 aliphatic carbocycles. The Morgan fingerprint density at radius 1 is 1.25 bits per heavy atom. The lowest BCUT2D eigenvalue weighted by Crippen LogP contribution is -2.29. The van der Waals surface area contributed by atoms with Crippen molar-refractivity contribution in [3.05, 3.63) is 108 Å². The lowest BCUT2D eigenvalue weighted by atomic mass is 9.82. The zero-order chi connectivity index (χ0) is 22.6. The molecule has 4 rings (SSSR count). The maximum atomic E-state index is 12.1. The number of pyridine rings is 1. The van der Waals surface area contributed by atoms with E-state index in [9.17, 15) is 4.79 Å². The van der Waals surface area contributed by atoms with Crippen LogP contribution in [-0.2, 0) is 5.54 Å². The normalized spacial score (nSPS) is 20.5. The molecule has 2 aliphatic rings. The first-order valence-electron chi connectivity index (χ1n) is 10.8. The molecule has 2 aromatic heterocycles. The maximum absolute atomic E-state index is 12.1. The standard InChI is InChI=1S/C26H28N4O2/c1-18-7-8-20(19(2)30-26(11-12-26)24-6-4-5-13-29-24)14-23(18)21-9-10-22(25(31)27-3)16-32-17-28-15-21/h4-10,13-18,23,30H,2,11-12H2,1,3H3,(H,27,31). The van der Waals surface area contributed by atoms with Crippen molar-refractivity contribution < 1.29 is 9.21 Å². The van der Waals surface area contributed by atoms with Gasteiger partial charge in [0.1, 0.15) is 6.26 Å². The molecular formula is C26H28N4O2. The summed E-state index contributed by atoms with van der Waals surface area (Å²) in [5.41, 5.74) is 4.26. The fourth-order valence-electron chi connectivity index (χ4n) is 3.95. The van der Waals surface area contributed by atoms with Crippen molar-refractivity contribution in [2.75, 3.05) is 7.05 Å². The number of nitrogens with zero attached hydrogens (tertiary/aromatic N) is 2. The van der Waals surface area contributed by atoms with Crippen molar-refractivity contribution in [1.29, 1.82) is 0 Å². The Kier molecular flexibility index (Phi) is 6.21. The van der Waals surface area contributed by atoms with E-state index in [0.717, 1.165) is 35.4 Å². The van der Waals surface area contributed by atoms with E-state index >= 15 is 0 Å². The van der Waals surface area contributed by atoms with Crippen LogP contribution < -0.4 is 10.6 Å². The summed E-state index contributed by atoms with van der Waals surface area (Å²) in [4.78, 5) is 20.9. The van der Waals surface area contributed by atoms with Crippen LogP contribution in [0.15, 0.2) is 95.9 Å². The third-order valence-electron chi connectivity index (χ3n) is 6.02. The van der Waals surface area contributed by atoms with Crippen LogP contribution in [0.5, 0.6) is 0 Å². The maximum Gasteiger partial charge on any atom is 0.254 e. The molecule has 2 atom stereocenters. The van der Waals surface area contributed by atoms with Gasteiger partial charge in [0, 0.05) is 31.1 Å². The fraction of sp³-hybridized carbons (Fsp3) is 0.269. The molecule has 164 valence electrons. The molecule has 1 fully saturated rings. The summed E-state index contributed by atoms with van der Waals surface area (Å²) in [6, 6.07) is 9.70. The van der Waals surface area contributed by atoms with Gasteiger partial charge >= 0.3 is 0 Å². The minimum Gasteiger partial charge on any atom is -0.453 e. The van der Waals surface area contributed by atoms with Crippen LogP contribution in [0.25, 0.3) is 0 Å². The molecule has 2 unspecified atom stereocenters. The molecule has 0 bridgehead atoms. The van der Waals surface area contributed by atoms with E-state index < -0.39 is 0 Å². The van der Waals surface area contributed by atoms with Gasteiger partial charge in [-0.3, -0.25) is 9.78 Å². The summed E-state index contributed by atoms with van der Waals surface area (Å²) in [5, 5.41) is 6.25. The molecule has 0 radical (unpaired) electrons. The largest absolute Gasteiger partial charge is 0.453 e. The van der Waals surface area contributed by atoms with Gasteiger partial charge in [-0.15, -0.1) is 0 Å². The van der Waals surface area contributed by atoms with Gasteiger partial charge in [0.2, 0.25) is 0 Å². The Labute approximate surface area is 188 Å². The third-order valence-corrected chi connectivity index (χ3v) is 6.02. The van der Waals surface area contributed by atoms with Gasteiger partial charge in [-0.05, 0) is 48.1 Å². The van der Waals surface area contributed by atoms with Gasteiger partial charge in [-0.2, -0.15) is 0 Å². The third kappa shape index (κ3) is 4.64. The molecule has 6 nitrogen and oxygen atoms in total. The van der Waals surface area contributed by atoms with Crippen LogP contribution in [0.3, 0.4) is 0 Å². The number of aromatic nitrogens is 2. The highest BCUT2D eigenvalue weighted by atomic mass is 16.3. The average molecular weight is 429 g/mol. The Morgan fingerprint density at radius 2 is 2.09 bits per heavy atom. The van der Waals surface area contributed by atoms with E-state index in [-0.39, 0.29) is 23.3 Å². The van der Waals surface area contributed by atoms with E-state index in [2.05, 4.69) is 58.4 Å². The molecule has 2 heterocycles. The van der Waals surface area contributed by atoms with Crippen molar-refractivity contribution in [2.45, 2.75) is 31.2 Å². The van der Waals surface area contributed by atoms with Crippen LogP contribution in [0.2, 0.25) is 0 Å². The summed E-state index contributed by atoms with van der Waals surface area (Å²) in [6.45, 7) is 6.49. The highest BCUT2D eigenvalue weighted by molar-refractivity contribution is 5.93. The number of carbonyl (C=O) groups excluding carboxylic acids is 1. The first-order valence-corrected chi connectivity index (χ1v) is 10.8. The number of carbonyl (C=O) groups is 1. The van der Waals surface area contributed by atoms with Crippen LogP contribution in [0.1, 0.15) is 47.3 Å². The summed E-state index contributed by atoms with van der Waals surface area (Å²) < 4.78 is 5.25. The van der Waals surface area contributed by atoms with E-state index in [1.54, 1.807) is 19.3 Å². The first-order chi connectivity index (χ1) is 15.5. The fourth-order valence-corrected chi connectivity index (χ4v) is 3.95. The monoisotopic (exact) mass is 428 g/mol. The van der Waals surface area contributed by atoms with Gasteiger partial charge in [-0.25, -0.2) is 4.98 Å². The quantitative estimate of drug-likeness (QED) is 0.705. The predicted octanol–water partition coefficient (Wildman–Crippen LogP) is 4.56. The second-order valence-electron chi connectivity index (χ2n) is 8.27. The topological polar surface area (TPSA) is 80.0 Å². The second-order valence-corrected chi connectivity index (χ2v) is 8.27. The van der Waals surface area contributed by atoms with Gasteiger partial charge in [0.05, 0.1) is 16.8 Å². The zero-order valence-corrected chi connectivity index (χ0v) is 18.4. The Bertz CT molecular complexity index is 1110. The van der Waals surface area contributed by atoms with Crippen molar-refractivity contribution in [1.82, 2.24) is 20.6 Å². The van der Waals surface area contributed by atoms with Crippen LogP contribution in [0.4, 0.5) is 0 Å². The van der Waals surface area contributed by atoms with Crippen LogP contribution in [-0.4, -0.2) is 22.9 Å². The van der Waals surface area contributed by atoms with Crippen LogP contribution >= 0.6 is 0 Å². The van der Waals surface area contributed by atoms with Gasteiger partial charge in [-0.1, -0.05) is 43.9 Å². The van der Waals surface area contributed by atoms with E-state index in [1.165, 1.54) is 12.7 Å². The lowest BCUT2D eigenvalue weighted by Gasteiger charge is -2.26.